The molecule has 0 amide bonds. The van der Waals surface area contributed by atoms with Crippen molar-refractivity contribution in [3.63, 3.8) is 0 Å². The number of alkyl halides is 3. The van der Waals surface area contributed by atoms with E-state index in [0.717, 1.165) is 6.07 Å². The zero-order valence-corrected chi connectivity index (χ0v) is 8.54. The van der Waals surface area contributed by atoms with E-state index in [9.17, 15) is 22.0 Å². The number of hydrogen-bond acceptors (Lipinski definition) is 1. The molecule has 0 aliphatic heterocycles. The Bertz CT molecular complexity index is 390. The molecule has 1 unspecified atom stereocenters. The summed E-state index contributed by atoms with van der Waals surface area (Å²) in [4.78, 5) is 0. The maximum absolute atomic E-state index is 13.3. The van der Waals surface area contributed by atoms with Gasteiger partial charge in [-0.2, -0.15) is 13.2 Å². The standard InChI is InChI=1S/C9H7ClF5N/c10-5-1-2-6(11)7(8(5)12)4(3-16)9(13,14)15/h1-2,4H,3,16H2. The molecule has 1 aromatic rings. The molecule has 0 bridgehead atoms. The Hall–Kier alpha value is -0.880. The Morgan fingerprint density at radius 3 is 2.25 bits per heavy atom. The van der Waals surface area contributed by atoms with Gasteiger partial charge in [-0.15, -0.1) is 0 Å². The van der Waals surface area contributed by atoms with Crippen molar-refractivity contribution >= 4 is 11.6 Å². The van der Waals surface area contributed by atoms with Crippen molar-refractivity contribution in [1.82, 2.24) is 0 Å². The molecule has 1 atom stereocenters. The minimum atomic E-state index is -4.82. The van der Waals surface area contributed by atoms with Crippen LogP contribution in [0.15, 0.2) is 12.1 Å². The van der Waals surface area contributed by atoms with Crippen LogP contribution in [0.25, 0.3) is 0 Å². The average molecular weight is 260 g/mol. The lowest BCUT2D eigenvalue weighted by atomic mass is 9.97. The summed E-state index contributed by atoms with van der Waals surface area (Å²) in [5.74, 6) is -5.13. The average Bonchev–Trinajstić information content (AvgIpc) is 2.16. The second-order valence-electron chi connectivity index (χ2n) is 3.09. The van der Waals surface area contributed by atoms with E-state index in [2.05, 4.69) is 0 Å². The fourth-order valence-corrected chi connectivity index (χ4v) is 1.44. The van der Waals surface area contributed by atoms with Crippen LogP contribution in [-0.4, -0.2) is 12.7 Å². The molecule has 2 N–H and O–H groups in total. The molecule has 0 aromatic heterocycles. The molecular formula is C9H7ClF5N. The lowest BCUT2D eigenvalue weighted by molar-refractivity contribution is -0.149. The summed E-state index contributed by atoms with van der Waals surface area (Å²) in [5.41, 5.74) is 3.75. The summed E-state index contributed by atoms with van der Waals surface area (Å²) in [6, 6.07) is 1.52. The first-order chi connectivity index (χ1) is 7.29. The first-order valence-electron chi connectivity index (χ1n) is 4.19. The number of halogens is 6. The zero-order chi connectivity index (χ0) is 12.5. The molecular weight excluding hydrogens is 253 g/mol. The van der Waals surface area contributed by atoms with Gasteiger partial charge in [-0.3, -0.25) is 0 Å². The Labute approximate surface area is 93.0 Å². The number of rotatable bonds is 2. The maximum atomic E-state index is 13.3. The van der Waals surface area contributed by atoms with Gasteiger partial charge < -0.3 is 5.73 Å². The summed E-state index contributed by atoms with van der Waals surface area (Å²) in [5, 5.41) is -0.570. The highest BCUT2D eigenvalue weighted by atomic mass is 35.5. The molecule has 0 saturated carbocycles. The molecule has 0 heterocycles. The molecule has 1 nitrogen and oxygen atoms in total. The van der Waals surface area contributed by atoms with E-state index in [1.54, 1.807) is 0 Å². The van der Waals surface area contributed by atoms with Crippen molar-refractivity contribution in [2.75, 3.05) is 6.54 Å². The van der Waals surface area contributed by atoms with E-state index >= 15 is 0 Å². The van der Waals surface area contributed by atoms with E-state index < -0.39 is 40.9 Å². The smallest absolute Gasteiger partial charge is 0.330 e. The van der Waals surface area contributed by atoms with Crippen LogP contribution in [0.3, 0.4) is 0 Å². The van der Waals surface area contributed by atoms with Gasteiger partial charge in [0.1, 0.15) is 11.6 Å². The first kappa shape index (κ1) is 13.2. The summed E-state index contributed by atoms with van der Waals surface area (Å²) < 4.78 is 63.8. The minimum absolute atomic E-state index is 0.570. The van der Waals surface area contributed by atoms with Crippen molar-refractivity contribution in [2.45, 2.75) is 12.1 Å². The fraction of sp³-hybridized carbons (Fsp3) is 0.333. The van der Waals surface area contributed by atoms with Crippen molar-refractivity contribution in [1.29, 1.82) is 0 Å². The second-order valence-corrected chi connectivity index (χ2v) is 3.49. The Balaban J connectivity index is 3.36. The normalized spacial score (nSPS) is 13.9. The Morgan fingerprint density at radius 2 is 1.81 bits per heavy atom. The molecule has 1 aromatic carbocycles. The van der Waals surface area contributed by atoms with Crippen LogP contribution in [0.4, 0.5) is 22.0 Å². The minimum Gasteiger partial charge on any atom is -0.330 e. The number of nitrogens with two attached hydrogens (primary N) is 1. The van der Waals surface area contributed by atoms with Crippen LogP contribution in [-0.2, 0) is 0 Å². The van der Waals surface area contributed by atoms with Gasteiger partial charge in [-0.05, 0) is 12.1 Å². The van der Waals surface area contributed by atoms with E-state index in [4.69, 9.17) is 17.3 Å². The van der Waals surface area contributed by atoms with Gasteiger partial charge in [0.2, 0.25) is 0 Å². The highest BCUT2D eigenvalue weighted by molar-refractivity contribution is 6.30. The quantitative estimate of drug-likeness (QED) is 0.640. The molecule has 1 rings (SSSR count). The van der Waals surface area contributed by atoms with Crippen LogP contribution in [0.5, 0.6) is 0 Å². The van der Waals surface area contributed by atoms with Crippen molar-refractivity contribution in [2.24, 2.45) is 5.73 Å². The van der Waals surface area contributed by atoms with E-state index in [-0.39, 0.29) is 0 Å². The first-order valence-corrected chi connectivity index (χ1v) is 4.57. The van der Waals surface area contributed by atoms with Gasteiger partial charge in [0.05, 0.1) is 10.9 Å². The second kappa shape index (κ2) is 4.55. The van der Waals surface area contributed by atoms with Crippen molar-refractivity contribution in [3.05, 3.63) is 34.4 Å². The maximum Gasteiger partial charge on any atom is 0.397 e. The lowest BCUT2D eigenvalue weighted by Crippen LogP contribution is -2.29. The molecule has 0 radical (unpaired) electrons. The third kappa shape index (κ3) is 2.44. The molecule has 0 spiro atoms. The third-order valence-electron chi connectivity index (χ3n) is 2.06. The van der Waals surface area contributed by atoms with Gasteiger partial charge in [0, 0.05) is 12.1 Å². The summed E-state index contributed by atoms with van der Waals surface area (Å²) >= 11 is 5.29. The molecule has 16 heavy (non-hydrogen) atoms. The summed E-state index contributed by atoms with van der Waals surface area (Å²) in [7, 11) is 0. The summed E-state index contributed by atoms with van der Waals surface area (Å²) in [6.07, 6.45) is -4.82. The lowest BCUT2D eigenvalue weighted by Gasteiger charge is -2.20. The zero-order valence-electron chi connectivity index (χ0n) is 7.78. The Kier molecular flexibility index (Phi) is 3.75. The van der Waals surface area contributed by atoms with Crippen LogP contribution in [0.1, 0.15) is 11.5 Å². The fourth-order valence-electron chi connectivity index (χ4n) is 1.28. The van der Waals surface area contributed by atoms with Gasteiger partial charge in [0.25, 0.3) is 0 Å². The van der Waals surface area contributed by atoms with E-state index in [1.807, 2.05) is 0 Å². The van der Waals surface area contributed by atoms with Crippen LogP contribution in [0.2, 0.25) is 5.02 Å². The molecule has 0 saturated heterocycles. The highest BCUT2D eigenvalue weighted by Gasteiger charge is 2.43. The predicted molar refractivity (Wildman–Crippen MR) is 49.2 cm³/mol. The monoisotopic (exact) mass is 259 g/mol. The van der Waals surface area contributed by atoms with Crippen molar-refractivity contribution < 1.29 is 22.0 Å². The van der Waals surface area contributed by atoms with Gasteiger partial charge >= 0.3 is 6.18 Å². The highest BCUT2D eigenvalue weighted by Crippen LogP contribution is 2.38. The SMILES string of the molecule is NCC(c1c(F)ccc(Cl)c1F)C(F)(F)F. The third-order valence-corrected chi connectivity index (χ3v) is 2.35. The van der Waals surface area contributed by atoms with Gasteiger partial charge in [-0.25, -0.2) is 8.78 Å². The topological polar surface area (TPSA) is 26.0 Å². The largest absolute Gasteiger partial charge is 0.397 e. The number of hydrogen-bond donors (Lipinski definition) is 1. The van der Waals surface area contributed by atoms with Crippen LogP contribution in [0, 0.1) is 11.6 Å². The van der Waals surface area contributed by atoms with Crippen LogP contribution >= 0.6 is 11.6 Å². The Morgan fingerprint density at radius 1 is 1.25 bits per heavy atom. The van der Waals surface area contributed by atoms with Crippen LogP contribution < -0.4 is 5.73 Å². The van der Waals surface area contributed by atoms with Gasteiger partial charge in [-0.1, -0.05) is 11.6 Å². The molecule has 0 aliphatic rings. The molecule has 0 aliphatic carbocycles. The van der Waals surface area contributed by atoms with Crippen molar-refractivity contribution in [3.8, 4) is 0 Å². The molecule has 0 fully saturated rings. The predicted octanol–water partition coefficient (Wildman–Crippen LogP) is 3.22. The van der Waals surface area contributed by atoms with E-state index in [1.165, 1.54) is 0 Å². The van der Waals surface area contributed by atoms with Gasteiger partial charge in [0.15, 0.2) is 0 Å². The summed E-state index contributed by atoms with van der Waals surface area (Å²) in [6.45, 7) is -0.947. The number of benzene rings is 1. The molecule has 7 heteroatoms. The molecule has 90 valence electrons. The van der Waals surface area contributed by atoms with E-state index in [0.29, 0.717) is 6.07 Å².